The number of aliphatic imine (C=N–C) groups is 1. The summed E-state index contributed by atoms with van der Waals surface area (Å²) in [7, 11) is 1.38. The Hall–Kier alpha value is -1.02. The number of esters is 1. The topological polar surface area (TPSA) is 62.7 Å². The second-order valence-electron chi connectivity index (χ2n) is 4.39. The summed E-state index contributed by atoms with van der Waals surface area (Å²) in [4.78, 5) is 15.4. The van der Waals surface area contributed by atoms with Crippen LogP contribution in [0.15, 0.2) is 29.3 Å². The van der Waals surface area contributed by atoms with Crippen LogP contribution in [0.25, 0.3) is 0 Å². The Morgan fingerprint density at radius 3 is 2.77 bits per heavy atom. The summed E-state index contributed by atoms with van der Waals surface area (Å²) in [6.45, 7) is 3.90. The summed E-state index contributed by atoms with van der Waals surface area (Å²) < 4.78 is 4.58. The first-order valence-corrected chi connectivity index (χ1v) is 7.37. The van der Waals surface area contributed by atoms with Crippen LogP contribution in [0.2, 0.25) is 5.02 Å². The minimum absolute atomic E-state index is 0. The molecule has 0 aliphatic carbocycles. The highest BCUT2D eigenvalue weighted by Gasteiger charge is 2.01. The minimum atomic E-state index is -0.256. The number of nitrogens with zero attached hydrogens (tertiary/aromatic N) is 1. The number of carbonyl (C=O) groups excluding carboxylic acids is 1. The zero-order valence-electron chi connectivity index (χ0n) is 12.9. The number of nitrogens with one attached hydrogen (secondary N) is 2. The van der Waals surface area contributed by atoms with Crippen LogP contribution < -0.4 is 10.6 Å². The summed E-state index contributed by atoms with van der Waals surface area (Å²) >= 11 is 5.95. The van der Waals surface area contributed by atoms with E-state index in [9.17, 15) is 4.79 Å². The smallest absolute Gasteiger partial charge is 0.307 e. The molecule has 2 N–H and O–H groups in total. The summed E-state index contributed by atoms with van der Waals surface area (Å²) in [6.07, 6.45) is 1.13. The summed E-state index contributed by atoms with van der Waals surface area (Å²) in [6, 6.07) is 7.78. The van der Waals surface area contributed by atoms with Gasteiger partial charge in [-0.05, 0) is 31.0 Å². The molecule has 0 radical (unpaired) electrons. The van der Waals surface area contributed by atoms with Gasteiger partial charge in [-0.25, -0.2) is 0 Å². The zero-order valence-corrected chi connectivity index (χ0v) is 16.0. The highest BCUT2D eigenvalue weighted by atomic mass is 127. The van der Waals surface area contributed by atoms with E-state index in [2.05, 4.69) is 20.4 Å². The van der Waals surface area contributed by atoms with E-state index >= 15 is 0 Å². The van der Waals surface area contributed by atoms with Crippen LogP contribution >= 0.6 is 35.6 Å². The number of ether oxygens (including phenoxy) is 1. The van der Waals surface area contributed by atoms with Crippen molar-refractivity contribution in [2.24, 2.45) is 4.99 Å². The van der Waals surface area contributed by atoms with Gasteiger partial charge in [0.2, 0.25) is 0 Å². The van der Waals surface area contributed by atoms with Crippen molar-refractivity contribution in [3.8, 4) is 0 Å². The van der Waals surface area contributed by atoms with Crippen LogP contribution in [-0.2, 0) is 16.0 Å². The normalized spacial score (nSPS) is 10.6. The average molecular weight is 440 g/mol. The molecule has 0 spiro atoms. The fourth-order valence-corrected chi connectivity index (χ4v) is 1.93. The predicted octanol–water partition coefficient (Wildman–Crippen LogP) is 2.62. The molecule has 7 heteroatoms. The van der Waals surface area contributed by atoms with Gasteiger partial charge in [-0.2, -0.15) is 0 Å². The van der Waals surface area contributed by atoms with Crippen LogP contribution in [0.3, 0.4) is 0 Å². The molecule has 1 rings (SSSR count). The summed E-state index contributed by atoms with van der Waals surface area (Å²) in [5.74, 6) is 0.442. The van der Waals surface area contributed by atoms with Gasteiger partial charge in [0.05, 0.1) is 20.1 Å². The third-order valence-electron chi connectivity index (χ3n) is 2.75. The molecular formula is C15H23ClIN3O2. The Labute approximate surface area is 153 Å². The lowest BCUT2D eigenvalue weighted by Crippen LogP contribution is -2.38. The molecule has 124 valence electrons. The molecule has 5 nitrogen and oxygen atoms in total. The SMILES string of the molecule is CCNC(=NCCC(=O)OC)NCCc1cccc(Cl)c1.I. The Bertz CT molecular complexity index is 484. The molecule has 22 heavy (non-hydrogen) atoms. The highest BCUT2D eigenvalue weighted by Crippen LogP contribution is 2.10. The molecule has 0 aliphatic rings. The molecule has 0 unspecified atom stereocenters. The Morgan fingerprint density at radius 2 is 2.14 bits per heavy atom. The molecule has 0 saturated carbocycles. The number of hydrogen-bond donors (Lipinski definition) is 2. The molecule has 0 aliphatic heterocycles. The van der Waals surface area contributed by atoms with Crippen LogP contribution in [0.4, 0.5) is 0 Å². The largest absolute Gasteiger partial charge is 0.469 e. The van der Waals surface area contributed by atoms with E-state index in [4.69, 9.17) is 11.6 Å². The van der Waals surface area contributed by atoms with E-state index in [0.29, 0.717) is 12.5 Å². The second kappa shape index (κ2) is 12.5. The predicted molar refractivity (Wildman–Crippen MR) is 101 cm³/mol. The first-order valence-electron chi connectivity index (χ1n) is 6.99. The third kappa shape index (κ3) is 9.09. The zero-order chi connectivity index (χ0) is 15.5. The van der Waals surface area contributed by atoms with Crippen LogP contribution in [0.5, 0.6) is 0 Å². The van der Waals surface area contributed by atoms with Crippen LogP contribution in [0, 0.1) is 0 Å². The molecule has 0 bridgehead atoms. The van der Waals surface area contributed by atoms with Crippen molar-refractivity contribution in [3.05, 3.63) is 34.9 Å². The molecule has 0 saturated heterocycles. The monoisotopic (exact) mass is 439 g/mol. The van der Waals surface area contributed by atoms with Crippen molar-refractivity contribution < 1.29 is 9.53 Å². The van der Waals surface area contributed by atoms with Gasteiger partial charge < -0.3 is 15.4 Å². The quantitative estimate of drug-likeness (QED) is 0.297. The number of halogens is 2. The van der Waals surface area contributed by atoms with Crippen LogP contribution in [-0.4, -0.2) is 38.7 Å². The second-order valence-corrected chi connectivity index (χ2v) is 4.83. The minimum Gasteiger partial charge on any atom is -0.469 e. The number of rotatable bonds is 7. The maximum atomic E-state index is 11.0. The maximum absolute atomic E-state index is 11.0. The van der Waals surface area contributed by atoms with Gasteiger partial charge >= 0.3 is 5.97 Å². The number of guanidine groups is 1. The number of methoxy groups -OCH3 is 1. The fraction of sp³-hybridized carbons (Fsp3) is 0.467. The van der Waals surface area contributed by atoms with E-state index in [1.165, 1.54) is 12.7 Å². The van der Waals surface area contributed by atoms with E-state index in [1.807, 2.05) is 31.2 Å². The van der Waals surface area contributed by atoms with Crippen molar-refractivity contribution in [2.45, 2.75) is 19.8 Å². The number of hydrogen-bond acceptors (Lipinski definition) is 3. The van der Waals surface area contributed by atoms with Gasteiger partial charge in [-0.15, -0.1) is 24.0 Å². The molecule has 0 fully saturated rings. The van der Waals surface area contributed by atoms with Gasteiger partial charge in [-0.3, -0.25) is 9.79 Å². The first kappa shape index (κ1) is 21.0. The van der Waals surface area contributed by atoms with Crippen LogP contribution in [0.1, 0.15) is 18.9 Å². The third-order valence-corrected chi connectivity index (χ3v) is 2.99. The lowest BCUT2D eigenvalue weighted by molar-refractivity contribution is -0.140. The average Bonchev–Trinajstić information content (AvgIpc) is 2.47. The number of carbonyl (C=O) groups is 1. The van der Waals surface area contributed by atoms with E-state index in [-0.39, 0.29) is 36.4 Å². The van der Waals surface area contributed by atoms with Gasteiger partial charge in [0.25, 0.3) is 0 Å². The molecule has 0 amide bonds. The lowest BCUT2D eigenvalue weighted by atomic mass is 10.1. The lowest BCUT2D eigenvalue weighted by Gasteiger charge is -2.11. The molecular weight excluding hydrogens is 417 g/mol. The van der Waals surface area contributed by atoms with Gasteiger partial charge in [-0.1, -0.05) is 23.7 Å². The van der Waals surface area contributed by atoms with Gasteiger partial charge in [0.1, 0.15) is 0 Å². The Morgan fingerprint density at radius 1 is 1.36 bits per heavy atom. The van der Waals surface area contributed by atoms with E-state index < -0.39 is 0 Å². The van der Waals surface area contributed by atoms with E-state index in [1.54, 1.807) is 0 Å². The Balaban J connectivity index is 0.00000441. The molecule has 0 heterocycles. The fourth-order valence-electron chi connectivity index (χ4n) is 1.72. The van der Waals surface area contributed by atoms with Crippen molar-refractivity contribution in [3.63, 3.8) is 0 Å². The van der Waals surface area contributed by atoms with Crippen molar-refractivity contribution in [1.29, 1.82) is 0 Å². The number of benzene rings is 1. The van der Waals surface area contributed by atoms with E-state index in [0.717, 1.165) is 24.5 Å². The van der Waals surface area contributed by atoms with Crippen molar-refractivity contribution in [1.82, 2.24) is 10.6 Å². The van der Waals surface area contributed by atoms with Gasteiger partial charge in [0.15, 0.2) is 5.96 Å². The molecule has 0 atom stereocenters. The van der Waals surface area contributed by atoms with Crippen molar-refractivity contribution >= 4 is 47.5 Å². The molecule has 1 aromatic carbocycles. The molecule has 1 aromatic rings. The molecule has 0 aromatic heterocycles. The highest BCUT2D eigenvalue weighted by molar-refractivity contribution is 14.0. The Kier molecular flexibility index (Phi) is 11.9. The van der Waals surface area contributed by atoms with Gasteiger partial charge in [0, 0.05) is 18.1 Å². The van der Waals surface area contributed by atoms with Crippen molar-refractivity contribution in [2.75, 3.05) is 26.7 Å². The summed E-state index contributed by atoms with van der Waals surface area (Å²) in [5, 5.41) is 7.10. The maximum Gasteiger partial charge on any atom is 0.307 e. The summed E-state index contributed by atoms with van der Waals surface area (Å²) in [5.41, 5.74) is 1.17. The first-order chi connectivity index (χ1) is 10.2. The standard InChI is InChI=1S/C15H22ClN3O2.HI/c1-3-17-15(19-10-8-14(20)21-2)18-9-7-12-5-4-6-13(16)11-12;/h4-6,11H,3,7-10H2,1-2H3,(H2,17,18,19);1H.